The van der Waals surface area contributed by atoms with E-state index in [0.29, 0.717) is 6.07 Å². The second kappa shape index (κ2) is 5.12. The Kier molecular flexibility index (Phi) is 5.00. The molecule has 15 heavy (non-hydrogen) atoms. The van der Waals surface area contributed by atoms with Gasteiger partial charge in [-0.05, 0) is 18.2 Å². The molecule has 0 atom stereocenters. The number of benzene rings is 1. The van der Waals surface area contributed by atoms with Crippen LogP contribution in [0.3, 0.4) is 0 Å². The molecule has 1 aromatic rings. The maximum atomic E-state index is 10.6. The van der Waals surface area contributed by atoms with Crippen LogP contribution in [0.15, 0.2) is 23.1 Å². The van der Waals surface area contributed by atoms with Crippen molar-refractivity contribution in [3.63, 3.8) is 0 Å². The zero-order chi connectivity index (χ0) is 10.9. The summed E-state index contributed by atoms with van der Waals surface area (Å²) in [6.07, 6.45) is 0. The van der Waals surface area contributed by atoms with Gasteiger partial charge in [0.25, 0.3) is 10.1 Å². The van der Waals surface area contributed by atoms with Crippen molar-refractivity contribution in [3.05, 3.63) is 23.8 Å². The van der Waals surface area contributed by atoms with Gasteiger partial charge in [0.1, 0.15) is 11.3 Å². The number of aromatic carboxylic acids is 1. The second-order valence-electron chi connectivity index (χ2n) is 2.46. The molecule has 0 amide bonds. The van der Waals surface area contributed by atoms with Gasteiger partial charge in [0.15, 0.2) is 0 Å². The van der Waals surface area contributed by atoms with Crippen molar-refractivity contribution in [1.29, 1.82) is 0 Å². The molecule has 1 rings (SSSR count). The SMILES string of the molecule is O=C(O)c1cc(S(=O)(=O)O)ccc1O.[Er]. The van der Waals surface area contributed by atoms with E-state index in [4.69, 9.17) is 14.8 Å². The van der Waals surface area contributed by atoms with E-state index in [-0.39, 0.29) is 37.3 Å². The summed E-state index contributed by atoms with van der Waals surface area (Å²) in [6.45, 7) is 0. The van der Waals surface area contributed by atoms with Crippen LogP contribution < -0.4 is 0 Å². The average molecular weight is 385 g/mol. The molecule has 0 aliphatic carbocycles. The number of hydrogen-bond acceptors (Lipinski definition) is 4. The topological polar surface area (TPSA) is 112 Å². The Bertz CT molecular complexity index is 480. The van der Waals surface area contributed by atoms with Crippen molar-refractivity contribution in [2.75, 3.05) is 0 Å². The Morgan fingerprint density at radius 1 is 1.27 bits per heavy atom. The Balaban J connectivity index is 0.00000196. The van der Waals surface area contributed by atoms with Crippen molar-refractivity contribution >= 4 is 16.1 Å². The smallest absolute Gasteiger partial charge is 0.339 e. The van der Waals surface area contributed by atoms with E-state index in [1.165, 1.54) is 0 Å². The van der Waals surface area contributed by atoms with Crippen molar-refractivity contribution in [1.82, 2.24) is 0 Å². The van der Waals surface area contributed by atoms with Crippen LogP contribution in [0.5, 0.6) is 5.75 Å². The first kappa shape index (κ1) is 14.6. The van der Waals surface area contributed by atoms with E-state index in [9.17, 15) is 13.2 Å². The number of carbonyl (C=O) groups is 1. The first-order chi connectivity index (χ1) is 6.32. The molecule has 0 fully saturated rings. The number of aromatic hydroxyl groups is 1. The van der Waals surface area contributed by atoms with E-state index in [2.05, 4.69) is 0 Å². The fraction of sp³-hybridized carbons (Fsp3) is 0. The van der Waals surface area contributed by atoms with E-state index < -0.39 is 32.3 Å². The Morgan fingerprint density at radius 2 is 1.80 bits per heavy atom. The third kappa shape index (κ3) is 3.61. The average Bonchev–Trinajstić information content (AvgIpc) is 2.02. The summed E-state index contributed by atoms with van der Waals surface area (Å²) in [5.41, 5.74) is -0.583. The minimum Gasteiger partial charge on any atom is -0.507 e. The largest absolute Gasteiger partial charge is 0.507 e. The molecule has 0 aliphatic rings. The second-order valence-corrected chi connectivity index (χ2v) is 3.88. The molecule has 0 saturated heterocycles. The summed E-state index contributed by atoms with van der Waals surface area (Å²) in [6, 6.07) is 2.46. The number of carboxylic acids is 1. The predicted molar refractivity (Wildman–Crippen MR) is 44.9 cm³/mol. The minimum atomic E-state index is -4.45. The van der Waals surface area contributed by atoms with Crippen molar-refractivity contribution in [3.8, 4) is 5.75 Å². The number of rotatable bonds is 2. The molecule has 0 aliphatic heterocycles. The maximum absolute atomic E-state index is 10.6. The van der Waals surface area contributed by atoms with Crippen molar-refractivity contribution in [2.24, 2.45) is 0 Å². The quantitative estimate of drug-likeness (QED) is 0.633. The van der Waals surface area contributed by atoms with Crippen molar-refractivity contribution < 1.29 is 65.3 Å². The van der Waals surface area contributed by atoms with Gasteiger partial charge in [0, 0.05) is 37.3 Å². The first-order valence-electron chi connectivity index (χ1n) is 3.36. The molecule has 0 heterocycles. The number of carboxylic acid groups (broad SMARTS) is 1. The van der Waals surface area contributed by atoms with Crippen LogP contribution in [-0.4, -0.2) is 29.2 Å². The molecular weight excluding hydrogens is 379 g/mol. The number of hydrogen-bond donors (Lipinski definition) is 3. The maximum Gasteiger partial charge on any atom is 0.339 e. The molecule has 6 nitrogen and oxygen atoms in total. The summed E-state index contributed by atoms with van der Waals surface area (Å²) < 4.78 is 29.8. The number of phenols is 1. The van der Waals surface area contributed by atoms with E-state index in [0.717, 1.165) is 12.1 Å². The van der Waals surface area contributed by atoms with Crippen LogP contribution in [0.25, 0.3) is 0 Å². The van der Waals surface area contributed by atoms with Gasteiger partial charge >= 0.3 is 5.97 Å². The third-order valence-corrected chi connectivity index (χ3v) is 2.35. The van der Waals surface area contributed by atoms with Crippen LogP contribution in [0.1, 0.15) is 10.4 Å². The van der Waals surface area contributed by atoms with Gasteiger partial charge in [-0.1, -0.05) is 0 Å². The molecular formula is C7H6ErO6S. The Hall–Kier alpha value is -0.353. The zero-order valence-corrected chi connectivity index (χ0v) is 9.66. The minimum absolute atomic E-state index is 0. The zero-order valence-electron chi connectivity index (χ0n) is 7.00. The Morgan fingerprint density at radius 3 is 2.20 bits per heavy atom. The molecule has 0 radical (unpaired) electrons. The first-order valence-corrected chi connectivity index (χ1v) is 4.80. The normalized spacial score (nSPS) is 10.5. The molecule has 0 aromatic heterocycles. The van der Waals surface area contributed by atoms with Gasteiger partial charge in [-0.3, -0.25) is 4.55 Å². The predicted octanol–water partition coefficient (Wildman–Crippen LogP) is 0.337. The van der Waals surface area contributed by atoms with Crippen LogP contribution in [0.4, 0.5) is 0 Å². The fourth-order valence-electron chi connectivity index (χ4n) is 0.847. The Labute approximate surface area is 115 Å². The van der Waals surface area contributed by atoms with Gasteiger partial charge in [-0.15, -0.1) is 0 Å². The van der Waals surface area contributed by atoms with Crippen LogP contribution in [0.2, 0.25) is 0 Å². The van der Waals surface area contributed by atoms with Gasteiger partial charge in [-0.2, -0.15) is 8.42 Å². The molecule has 0 spiro atoms. The summed E-state index contributed by atoms with van der Waals surface area (Å²) in [4.78, 5) is 9.89. The van der Waals surface area contributed by atoms with Crippen molar-refractivity contribution in [2.45, 2.75) is 4.90 Å². The van der Waals surface area contributed by atoms with Crippen LogP contribution in [-0.2, 0) is 10.1 Å². The van der Waals surface area contributed by atoms with Gasteiger partial charge in [0.05, 0.1) is 4.90 Å². The molecule has 0 bridgehead atoms. The standard InChI is InChI=1S/C7H6O6S.Er/c8-6-2-1-4(14(11,12)13)3-5(6)7(9)10;/h1-3,8H,(H,9,10)(H,11,12,13);. The van der Waals surface area contributed by atoms with Gasteiger partial charge in [-0.25, -0.2) is 4.79 Å². The third-order valence-electron chi connectivity index (χ3n) is 1.50. The summed E-state index contributed by atoms with van der Waals surface area (Å²) in [5.74, 6) is -2.04. The molecule has 8 heteroatoms. The molecule has 88 valence electrons. The molecule has 3 N–H and O–H groups in total. The molecule has 0 saturated carbocycles. The summed E-state index contributed by atoms with van der Waals surface area (Å²) >= 11 is 0. The summed E-state index contributed by atoms with van der Waals surface area (Å²) in [7, 11) is -4.45. The van der Waals surface area contributed by atoms with Crippen LogP contribution in [0, 0.1) is 37.3 Å². The fourth-order valence-corrected chi connectivity index (χ4v) is 1.35. The van der Waals surface area contributed by atoms with E-state index in [1.54, 1.807) is 0 Å². The van der Waals surface area contributed by atoms with Gasteiger partial charge < -0.3 is 10.2 Å². The summed E-state index contributed by atoms with van der Waals surface area (Å²) in [5, 5.41) is 17.5. The van der Waals surface area contributed by atoms with Crippen LogP contribution >= 0.6 is 0 Å². The molecule has 1 aromatic carbocycles. The monoisotopic (exact) mass is 384 g/mol. The van der Waals surface area contributed by atoms with E-state index >= 15 is 0 Å². The van der Waals surface area contributed by atoms with Gasteiger partial charge in [0.2, 0.25) is 0 Å². The molecule has 0 unspecified atom stereocenters. The van der Waals surface area contributed by atoms with E-state index in [1.807, 2.05) is 0 Å².